The number of nitrogens with one attached hydrogen (secondary N) is 1. The predicted octanol–water partition coefficient (Wildman–Crippen LogP) is 3.05. The van der Waals surface area contributed by atoms with Crippen molar-refractivity contribution in [1.29, 1.82) is 0 Å². The normalized spacial score (nSPS) is 18.3. The van der Waals surface area contributed by atoms with Gasteiger partial charge in [0, 0.05) is 29.2 Å². The Hall–Kier alpha value is -0.900. The number of thiazole rings is 1. The number of rotatable bonds is 3. The van der Waals surface area contributed by atoms with Crippen molar-refractivity contribution in [2.75, 3.05) is 0 Å². The Balaban J connectivity index is 1.62. The molecule has 88 valence electrons. The molecule has 1 aliphatic rings. The van der Waals surface area contributed by atoms with Crippen LogP contribution in [0.25, 0.3) is 0 Å². The number of fused-ring (bicyclic) bond motifs is 1. The monoisotopic (exact) mass is 264 g/mol. The molecule has 1 aromatic carbocycles. The lowest BCUT2D eigenvalue weighted by molar-refractivity contribution is 0.532. The van der Waals surface area contributed by atoms with Gasteiger partial charge in [-0.2, -0.15) is 0 Å². The first-order chi connectivity index (χ1) is 8.31. The maximum absolute atomic E-state index is 6.00. The summed E-state index contributed by atoms with van der Waals surface area (Å²) < 4.78 is 0. The molecule has 0 amide bonds. The molecule has 17 heavy (non-hydrogen) atoms. The Kier molecular flexibility index (Phi) is 3.14. The summed E-state index contributed by atoms with van der Waals surface area (Å²) in [7, 11) is 0. The molecule has 2 nitrogen and oxygen atoms in total. The zero-order valence-corrected chi connectivity index (χ0v) is 10.9. The summed E-state index contributed by atoms with van der Waals surface area (Å²) in [5.74, 6) is 0. The summed E-state index contributed by atoms with van der Waals surface area (Å²) in [5, 5.41) is 7.56. The van der Waals surface area contributed by atoms with E-state index < -0.39 is 0 Å². The maximum Gasteiger partial charge on any atom is 0.106 e. The van der Waals surface area contributed by atoms with E-state index in [-0.39, 0.29) is 0 Å². The number of hydrogen-bond acceptors (Lipinski definition) is 3. The van der Waals surface area contributed by atoms with Crippen LogP contribution in [0.1, 0.15) is 16.1 Å². The van der Waals surface area contributed by atoms with Gasteiger partial charge in [-0.3, -0.25) is 0 Å². The van der Waals surface area contributed by atoms with Crippen molar-refractivity contribution >= 4 is 22.9 Å². The summed E-state index contributed by atoms with van der Waals surface area (Å²) in [6.07, 6.45) is 4.02. The third-order valence-electron chi connectivity index (χ3n) is 3.13. The molecular weight excluding hydrogens is 252 g/mol. The second kappa shape index (κ2) is 4.77. The lowest BCUT2D eigenvalue weighted by atomic mass is 10.1. The van der Waals surface area contributed by atoms with Gasteiger partial charge >= 0.3 is 0 Å². The van der Waals surface area contributed by atoms with E-state index in [2.05, 4.69) is 22.4 Å². The topological polar surface area (TPSA) is 24.9 Å². The Morgan fingerprint density at radius 1 is 1.35 bits per heavy atom. The van der Waals surface area contributed by atoms with E-state index >= 15 is 0 Å². The minimum Gasteiger partial charge on any atom is -0.307 e. The molecule has 0 aliphatic heterocycles. The van der Waals surface area contributed by atoms with Gasteiger partial charge in [-0.05, 0) is 36.1 Å². The predicted molar refractivity (Wildman–Crippen MR) is 71.6 cm³/mol. The lowest BCUT2D eigenvalue weighted by Gasteiger charge is -2.09. The van der Waals surface area contributed by atoms with Crippen LogP contribution in [0.3, 0.4) is 0 Å². The molecule has 1 aromatic heterocycles. The van der Waals surface area contributed by atoms with E-state index in [9.17, 15) is 0 Å². The highest BCUT2D eigenvalue weighted by Crippen LogP contribution is 2.25. The minimum atomic E-state index is 0.521. The highest BCUT2D eigenvalue weighted by molar-refractivity contribution is 7.09. The van der Waals surface area contributed by atoms with Crippen LogP contribution < -0.4 is 5.32 Å². The van der Waals surface area contributed by atoms with Crippen LogP contribution in [0.5, 0.6) is 0 Å². The first-order valence-electron chi connectivity index (χ1n) is 5.70. The van der Waals surface area contributed by atoms with Crippen LogP contribution in [0, 0.1) is 0 Å². The van der Waals surface area contributed by atoms with Gasteiger partial charge in [0.05, 0.1) is 0 Å². The summed E-state index contributed by atoms with van der Waals surface area (Å²) in [5.41, 5.74) is 2.81. The minimum absolute atomic E-state index is 0.521. The molecule has 0 saturated heterocycles. The van der Waals surface area contributed by atoms with Gasteiger partial charge in [0.1, 0.15) is 5.01 Å². The number of aromatic nitrogens is 1. The van der Waals surface area contributed by atoms with Crippen molar-refractivity contribution in [2.45, 2.75) is 25.4 Å². The van der Waals surface area contributed by atoms with Crippen molar-refractivity contribution in [3.05, 3.63) is 50.9 Å². The molecule has 1 atom stereocenters. The quantitative estimate of drug-likeness (QED) is 0.922. The molecule has 0 radical (unpaired) electrons. The molecule has 1 aliphatic carbocycles. The SMILES string of the molecule is Clc1ccc2c(c1)CC(NCc1nccs1)C2. The van der Waals surface area contributed by atoms with Crippen molar-refractivity contribution in [3.63, 3.8) is 0 Å². The third-order valence-corrected chi connectivity index (χ3v) is 4.14. The maximum atomic E-state index is 6.00. The fourth-order valence-electron chi connectivity index (χ4n) is 2.30. The molecule has 1 heterocycles. The van der Waals surface area contributed by atoms with Crippen LogP contribution in [0.4, 0.5) is 0 Å². The van der Waals surface area contributed by atoms with E-state index in [4.69, 9.17) is 11.6 Å². The molecule has 4 heteroatoms. The Bertz CT molecular complexity index is 510. The molecular formula is C13H13ClN2S. The molecule has 3 rings (SSSR count). The Morgan fingerprint density at radius 2 is 2.24 bits per heavy atom. The molecule has 1 unspecified atom stereocenters. The summed E-state index contributed by atoms with van der Waals surface area (Å²) in [6.45, 7) is 0.865. The Labute approximate surface area is 110 Å². The van der Waals surface area contributed by atoms with Gasteiger partial charge in [-0.1, -0.05) is 17.7 Å². The van der Waals surface area contributed by atoms with Crippen LogP contribution in [-0.4, -0.2) is 11.0 Å². The smallest absolute Gasteiger partial charge is 0.106 e. The van der Waals surface area contributed by atoms with Crippen molar-refractivity contribution in [1.82, 2.24) is 10.3 Å². The third kappa shape index (κ3) is 2.51. The van der Waals surface area contributed by atoms with E-state index in [0.717, 1.165) is 29.4 Å². The second-order valence-corrected chi connectivity index (χ2v) is 5.74. The lowest BCUT2D eigenvalue weighted by Crippen LogP contribution is -2.28. The molecule has 1 N–H and O–H groups in total. The molecule has 2 aromatic rings. The van der Waals surface area contributed by atoms with Crippen LogP contribution in [-0.2, 0) is 19.4 Å². The zero-order chi connectivity index (χ0) is 11.7. The van der Waals surface area contributed by atoms with Crippen LogP contribution in [0.2, 0.25) is 5.02 Å². The van der Waals surface area contributed by atoms with Gasteiger partial charge in [-0.15, -0.1) is 11.3 Å². The molecule has 0 spiro atoms. The summed E-state index contributed by atoms with van der Waals surface area (Å²) >= 11 is 7.70. The van der Waals surface area contributed by atoms with Gasteiger partial charge < -0.3 is 5.32 Å². The van der Waals surface area contributed by atoms with Crippen LogP contribution in [0.15, 0.2) is 29.8 Å². The largest absolute Gasteiger partial charge is 0.307 e. The van der Waals surface area contributed by atoms with E-state index in [1.165, 1.54) is 11.1 Å². The van der Waals surface area contributed by atoms with Gasteiger partial charge in [0.15, 0.2) is 0 Å². The molecule has 0 saturated carbocycles. The summed E-state index contributed by atoms with van der Waals surface area (Å²) in [6, 6.07) is 6.72. The van der Waals surface area contributed by atoms with Gasteiger partial charge in [0.2, 0.25) is 0 Å². The van der Waals surface area contributed by atoms with Crippen molar-refractivity contribution in [3.8, 4) is 0 Å². The first-order valence-corrected chi connectivity index (χ1v) is 6.96. The average molecular weight is 265 g/mol. The highest BCUT2D eigenvalue weighted by Gasteiger charge is 2.21. The van der Waals surface area contributed by atoms with Gasteiger partial charge in [-0.25, -0.2) is 4.98 Å². The van der Waals surface area contributed by atoms with Gasteiger partial charge in [0.25, 0.3) is 0 Å². The standard InChI is InChI=1S/C13H13ClN2S/c14-11-2-1-9-6-12(7-10(9)5-11)16-8-13-15-3-4-17-13/h1-5,12,16H,6-8H2. The summed E-state index contributed by atoms with van der Waals surface area (Å²) in [4.78, 5) is 4.28. The number of benzene rings is 1. The van der Waals surface area contributed by atoms with E-state index in [1.807, 2.05) is 17.6 Å². The highest BCUT2D eigenvalue weighted by atomic mass is 35.5. The van der Waals surface area contributed by atoms with E-state index in [1.54, 1.807) is 11.3 Å². The van der Waals surface area contributed by atoms with Crippen molar-refractivity contribution < 1.29 is 0 Å². The average Bonchev–Trinajstić information content (AvgIpc) is 2.94. The fourth-order valence-corrected chi connectivity index (χ4v) is 3.06. The van der Waals surface area contributed by atoms with Crippen LogP contribution >= 0.6 is 22.9 Å². The second-order valence-electron chi connectivity index (χ2n) is 4.32. The Morgan fingerprint density at radius 3 is 3.06 bits per heavy atom. The molecule has 0 bridgehead atoms. The number of hydrogen-bond donors (Lipinski definition) is 1. The van der Waals surface area contributed by atoms with Crippen molar-refractivity contribution in [2.24, 2.45) is 0 Å². The number of halogens is 1. The number of nitrogens with zero attached hydrogens (tertiary/aromatic N) is 1. The molecule has 0 fully saturated rings. The first kappa shape index (κ1) is 11.2. The zero-order valence-electron chi connectivity index (χ0n) is 9.32. The fraction of sp³-hybridized carbons (Fsp3) is 0.308. The van der Waals surface area contributed by atoms with E-state index in [0.29, 0.717) is 6.04 Å².